The topological polar surface area (TPSA) is 55.4 Å². The lowest BCUT2D eigenvalue weighted by Crippen LogP contribution is -2.18. The second kappa shape index (κ2) is 8.64. The molecular weight excluding hydrogens is 274 g/mol. The highest BCUT2D eigenvalue weighted by Gasteiger charge is 2.13. The first kappa shape index (κ1) is 16.6. The molecule has 0 aliphatic rings. The molecule has 110 valence electrons. The van der Waals surface area contributed by atoms with Crippen LogP contribution < -0.4 is 5.32 Å². The van der Waals surface area contributed by atoms with Gasteiger partial charge in [-0.1, -0.05) is 26.0 Å². The normalized spacial score (nSPS) is 11.8. The number of ether oxygens (including phenoxy) is 1. The third kappa shape index (κ3) is 5.65. The minimum absolute atomic E-state index is 0.0590. The molecule has 1 aromatic rings. The van der Waals surface area contributed by atoms with E-state index in [1.165, 1.54) is 24.4 Å². The first-order chi connectivity index (χ1) is 9.56. The highest BCUT2D eigenvalue weighted by Crippen LogP contribution is 2.13. The Balaban J connectivity index is 2.31. The van der Waals surface area contributed by atoms with Crippen molar-refractivity contribution in [1.29, 1.82) is 0 Å². The lowest BCUT2D eigenvalue weighted by molar-refractivity contribution is -0.144. The molecule has 0 bridgehead atoms. The van der Waals surface area contributed by atoms with Gasteiger partial charge in [0.1, 0.15) is 0 Å². The second-order valence-electron chi connectivity index (χ2n) is 4.54. The summed E-state index contributed by atoms with van der Waals surface area (Å²) in [6, 6.07) is 7.81. The summed E-state index contributed by atoms with van der Waals surface area (Å²) in [5.41, 5.74) is 2.04. The molecule has 0 aliphatic carbocycles. The van der Waals surface area contributed by atoms with Crippen molar-refractivity contribution < 1.29 is 14.3 Å². The van der Waals surface area contributed by atoms with Gasteiger partial charge in [0.15, 0.2) is 0 Å². The highest BCUT2D eigenvalue weighted by atomic mass is 32.2. The summed E-state index contributed by atoms with van der Waals surface area (Å²) in [6.45, 7) is 3.88. The van der Waals surface area contributed by atoms with Crippen LogP contribution in [0.2, 0.25) is 0 Å². The number of hydrogen-bond donors (Lipinski definition) is 1. The smallest absolute Gasteiger partial charge is 0.309 e. The lowest BCUT2D eigenvalue weighted by atomic mass is 10.1. The zero-order valence-corrected chi connectivity index (χ0v) is 13.0. The van der Waals surface area contributed by atoms with E-state index < -0.39 is 0 Å². The SMILES string of the molecule is CCc1ccc(NC(=O)CSCC(C)C(=O)OC)cc1. The Morgan fingerprint density at radius 1 is 1.30 bits per heavy atom. The van der Waals surface area contributed by atoms with Crippen LogP contribution in [0, 0.1) is 5.92 Å². The summed E-state index contributed by atoms with van der Waals surface area (Å²) in [7, 11) is 1.37. The quantitative estimate of drug-likeness (QED) is 0.786. The number of aryl methyl sites for hydroxylation is 1. The number of methoxy groups -OCH3 is 1. The largest absolute Gasteiger partial charge is 0.469 e. The van der Waals surface area contributed by atoms with Gasteiger partial charge >= 0.3 is 5.97 Å². The van der Waals surface area contributed by atoms with Crippen molar-refractivity contribution in [2.45, 2.75) is 20.3 Å². The minimum Gasteiger partial charge on any atom is -0.469 e. The number of anilines is 1. The molecule has 1 atom stereocenters. The third-order valence-electron chi connectivity index (χ3n) is 2.85. The summed E-state index contributed by atoms with van der Waals surface area (Å²) in [5, 5.41) is 2.83. The van der Waals surface area contributed by atoms with Gasteiger partial charge in [0, 0.05) is 11.4 Å². The maximum absolute atomic E-state index is 11.7. The molecular formula is C15H21NO3S. The Kier molecular flexibility index (Phi) is 7.15. The molecule has 0 spiro atoms. The van der Waals surface area contributed by atoms with E-state index in [4.69, 9.17) is 0 Å². The van der Waals surface area contributed by atoms with E-state index >= 15 is 0 Å². The maximum atomic E-state index is 11.7. The molecule has 0 fully saturated rings. The summed E-state index contributed by atoms with van der Waals surface area (Å²) in [6.07, 6.45) is 0.982. The molecule has 4 nitrogen and oxygen atoms in total. The fraction of sp³-hybridized carbons (Fsp3) is 0.467. The first-order valence-electron chi connectivity index (χ1n) is 6.61. The van der Waals surface area contributed by atoms with Crippen molar-refractivity contribution in [3.05, 3.63) is 29.8 Å². The van der Waals surface area contributed by atoms with Crippen molar-refractivity contribution >= 4 is 29.3 Å². The molecule has 1 unspecified atom stereocenters. The molecule has 20 heavy (non-hydrogen) atoms. The van der Waals surface area contributed by atoms with E-state index in [9.17, 15) is 9.59 Å². The molecule has 1 N–H and O–H groups in total. The van der Waals surface area contributed by atoms with E-state index in [-0.39, 0.29) is 17.8 Å². The number of esters is 1. The van der Waals surface area contributed by atoms with Gasteiger partial charge in [-0.15, -0.1) is 0 Å². The Bertz CT molecular complexity index is 445. The van der Waals surface area contributed by atoms with Gasteiger partial charge in [-0.25, -0.2) is 0 Å². The number of benzene rings is 1. The molecule has 1 rings (SSSR count). The maximum Gasteiger partial charge on any atom is 0.309 e. The van der Waals surface area contributed by atoms with E-state index in [1.54, 1.807) is 6.92 Å². The second-order valence-corrected chi connectivity index (χ2v) is 5.57. The number of carbonyl (C=O) groups excluding carboxylic acids is 2. The van der Waals surface area contributed by atoms with Crippen molar-refractivity contribution in [2.24, 2.45) is 5.92 Å². The number of hydrogen-bond acceptors (Lipinski definition) is 4. The van der Waals surface area contributed by atoms with Crippen molar-refractivity contribution in [3.8, 4) is 0 Å². The molecule has 1 amide bonds. The van der Waals surface area contributed by atoms with Crippen LogP contribution >= 0.6 is 11.8 Å². The number of amides is 1. The molecule has 1 aromatic carbocycles. The van der Waals surface area contributed by atoms with Crippen LogP contribution in [0.3, 0.4) is 0 Å². The van der Waals surface area contributed by atoms with Gasteiger partial charge in [-0.2, -0.15) is 11.8 Å². The van der Waals surface area contributed by atoms with E-state index in [1.807, 2.05) is 24.3 Å². The number of nitrogens with one attached hydrogen (secondary N) is 1. The van der Waals surface area contributed by atoms with Crippen LogP contribution in [-0.2, 0) is 20.7 Å². The predicted molar refractivity (Wildman–Crippen MR) is 83.0 cm³/mol. The number of carbonyl (C=O) groups is 2. The van der Waals surface area contributed by atoms with Gasteiger partial charge in [0.2, 0.25) is 5.91 Å². The highest BCUT2D eigenvalue weighted by molar-refractivity contribution is 8.00. The van der Waals surface area contributed by atoms with Gasteiger partial charge in [0.05, 0.1) is 18.8 Å². The molecule has 0 heterocycles. The summed E-state index contributed by atoms with van der Waals surface area (Å²) >= 11 is 1.43. The van der Waals surface area contributed by atoms with Crippen molar-refractivity contribution in [2.75, 3.05) is 23.9 Å². The molecule has 0 saturated heterocycles. The van der Waals surface area contributed by atoms with Gasteiger partial charge < -0.3 is 10.1 Å². The Hall–Kier alpha value is -1.49. The summed E-state index contributed by atoms with van der Waals surface area (Å²) in [5.74, 6) is 0.414. The lowest BCUT2D eigenvalue weighted by Gasteiger charge is -2.09. The standard InChI is InChI=1S/C15H21NO3S/c1-4-12-5-7-13(8-6-12)16-14(17)10-20-9-11(2)15(18)19-3/h5-8,11H,4,9-10H2,1-3H3,(H,16,17). The van der Waals surface area contributed by atoms with Crippen LogP contribution in [0.4, 0.5) is 5.69 Å². The Morgan fingerprint density at radius 3 is 2.50 bits per heavy atom. The molecule has 0 aliphatic heterocycles. The monoisotopic (exact) mass is 295 g/mol. The minimum atomic E-state index is -0.243. The van der Waals surface area contributed by atoms with Crippen molar-refractivity contribution in [1.82, 2.24) is 0 Å². The van der Waals surface area contributed by atoms with Crippen LogP contribution in [0.5, 0.6) is 0 Å². The first-order valence-corrected chi connectivity index (χ1v) is 7.76. The molecule has 0 saturated carbocycles. The van der Waals surface area contributed by atoms with E-state index in [0.29, 0.717) is 11.5 Å². The van der Waals surface area contributed by atoms with Gasteiger partial charge in [-0.3, -0.25) is 9.59 Å². The molecule has 0 aromatic heterocycles. The zero-order chi connectivity index (χ0) is 15.0. The molecule has 5 heteroatoms. The fourth-order valence-electron chi connectivity index (χ4n) is 1.62. The van der Waals surface area contributed by atoms with Crippen LogP contribution in [0.25, 0.3) is 0 Å². The predicted octanol–water partition coefficient (Wildman–Crippen LogP) is 2.73. The Labute approximate surface area is 124 Å². The average molecular weight is 295 g/mol. The summed E-state index contributed by atoms with van der Waals surface area (Å²) in [4.78, 5) is 22.9. The third-order valence-corrected chi connectivity index (χ3v) is 4.05. The van der Waals surface area contributed by atoms with Crippen LogP contribution in [-0.4, -0.2) is 30.5 Å². The fourth-order valence-corrected chi connectivity index (χ4v) is 2.48. The van der Waals surface area contributed by atoms with Crippen LogP contribution in [0.1, 0.15) is 19.4 Å². The number of rotatable bonds is 7. The molecule has 0 radical (unpaired) electrons. The van der Waals surface area contributed by atoms with Crippen LogP contribution in [0.15, 0.2) is 24.3 Å². The average Bonchev–Trinajstić information content (AvgIpc) is 2.47. The van der Waals surface area contributed by atoms with Gasteiger partial charge in [-0.05, 0) is 24.1 Å². The van der Waals surface area contributed by atoms with Crippen molar-refractivity contribution in [3.63, 3.8) is 0 Å². The van der Waals surface area contributed by atoms with Gasteiger partial charge in [0.25, 0.3) is 0 Å². The summed E-state index contributed by atoms with van der Waals surface area (Å²) < 4.78 is 4.63. The van der Waals surface area contributed by atoms with E-state index in [2.05, 4.69) is 17.0 Å². The Morgan fingerprint density at radius 2 is 1.95 bits per heavy atom. The zero-order valence-electron chi connectivity index (χ0n) is 12.1. The van der Waals surface area contributed by atoms with E-state index in [0.717, 1.165) is 12.1 Å². The number of thioether (sulfide) groups is 1.